The summed E-state index contributed by atoms with van der Waals surface area (Å²) < 4.78 is 1.72. The maximum absolute atomic E-state index is 12.4. The number of carbonyl (C=O) groups is 1. The van der Waals surface area contributed by atoms with Crippen LogP contribution in [0.5, 0.6) is 0 Å². The summed E-state index contributed by atoms with van der Waals surface area (Å²) >= 11 is 0. The molecule has 1 aliphatic heterocycles. The lowest BCUT2D eigenvalue weighted by molar-refractivity contribution is 0.0948. The van der Waals surface area contributed by atoms with Crippen molar-refractivity contribution >= 4 is 11.9 Å². The molecule has 2 aromatic heterocycles. The molecule has 2 aliphatic rings. The number of nitrogens with one attached hydrogen (secondary N) is 1. The van der Waals surface area contributed by atoms with Crippen LogP contribution in [0.2, 0.25) is 0 Å². The van der Waals surface area contributed by atoms with Crippen LogP contribution < -0.4 is 10.2 Å². The first kappa shape index (κ1) is 21.7. The normalized spacial score (nSPS) is 17.6. The molecule has 1 saturated heterocycles. The van der Waals surface area contributed by atoms with Gasteiger partial charge in [-0.25, -0.2) is 9.97 Å². The molecule has 168 valence electrons. The molecule has 2 fully saturated rings. The van der Waals surface area contributed by atoms with E-state index in [-0.39, 0.29) is 5.91 Å². The highest BCUT2D eigenvalue weighted by Gasteiger charge is 2.28. The zero-order valence-electron chi connectivity index (χ0n) is 19.1. The fraction of sp³-hybridized carbons (Fsp3) is 0.652. The Hall–Kier alpha value is -2.48. The van der Waals surface area contributed by atoms with Crippen molar-refractivity contribution in [3.8, 4) is 0 Å². The fourth-order valence-electron chi connectivity index (χ4n) is 4.37. The van der Waals surface area contributed by atoms with E-state index in [0.29, 0.717) is 18.7 Å². The lowest BCUT2D eigenvalue weighted by Crippen LogP contribution is -2.52. The summed E-state index contributed by atoms with van der Waals surface area (Å²) in [5.74, 6) is 0.692. The molecule has 1 aliphatic carbocycles. The number of hydrogen-bond acceptors (Lipinski definition) is 6. The Morgan fingerprint density at radius 2 is 1.97 bits per heavy atom. The van der Waals surface area contributed by atoms with Gasteiger partial charge in [0.1, 0.15) is 5.69 Å². The summed E-state index contributed by atoms with van der Waals surface area (Å²) in [6, 6.07) is 2.61. The predicted octanol–water partition coefficient (Wildman–Crippen LogP) is 2.12. The first-order chi connectivity index (χ1) is 15.0. The standard InChI is InChI=1S/C23H35N7O/c1-4-6-18-16-25-23(30-13-11-29(12-14-30)19-7-5-8-19)26-20(18)9-10-24-22(31)21-15-17(2)28(3)27-21/h15-16,19H,4-14H2,1-3H3,(H,24,31). The van der Waals surface area contributed by atoms with Gasteiger partial charge in [0.2, 0.25) is 5.95 Å². The molecular formula is C23H35N7O. The Morgan fingerprint density at radius 3 is 2.58 bits per heavy atom. The predicted molar refractivity (Wildman–Crippen MR) is 121 cm³/mol. The number of amides is 1. The van der Waals surface area contributed by atoms with E-state index in [4.69, 9.17) is 4.98 Å². The number of aromatic nitrogens is 4. The quantitative estimate of drug-likeness (QED) is 0.698. The lowest BCUT2D eigenvalue weighted by Gasteiger charge is -2.43. The van der Waals surface area contributed by atoms with Crippen molar-refractivity contribution in [1.29, 1.82) is 0 Å². The zero-order chi connectivity index (χ0) is 21.8. The minimum absolute atomic E-state index is 0.137. The molecule has 31 heavy (non-hydrogen) atoms. The molecule has 0 spiro atoms. The average molecular weight is 426 g/mol. The molecule has 3 heterocycles. The van der Waals surface area contributed by atoms with E-state index in [1.54, 1.807) is 4.68 Å². The van der Waals surface area contributed by atoms with Crippen LogP contribution in [0.3, 0.4) is 0 Å². The van der Waals surface area contributed by atoms with Crippen LogP contribution in [-0.2, 0) is 19.9 Å². The number of piperazine rings is 1. The SMILES string of the molecule is CCCc1cnc(N2CCN(C3CCC3)CC2)nc1CCNC(=O)c1cc(C)n(C)n1. The van der Waals surface area contributed by atoms with Gasteiger partial charge in [-0.15, -0.1) is 0 Å². The zero-order valence-corrected chi connectivity index (χ0v) is 19.1. The molecule has 8 heteroatoms. The number of anilines is 1. The van der Waals surface area contributed by atoms with Crippen molar-refractivity contribution in [2.45, 2.75) is 58.4 Å². The van der Waals surface area contributed by atoms with E-state index in [9.17, 15) is 4.79 Å². The molecule has 2 aromatic rings. The molecule has 0 unspecified atom stereocenters. The van der Waals surface area contributed by atoms with Crippen LogP contribution in [0.4, 0.5) is 5.95 Å². The van der Waals surface area contributed by atoms with E-state index in [0.717, 1.165) is 62.4 Å². The van der Waals surface area contributed by atoms with Crippen LogP contribution >= 0.6 is 0 Å². The Bertz CT molecular complexity index is 878. The van der Waals surface area contributed by atoms with Crippen LogP contribution in [0, 0.1) is 6.92 Å². The average Bonchev–Trinajstić information content (AvgIpc) is 3.07. The molecule has 0 atom stereocenters. The molecule has 1 N–H and O–H groups in total. The smallest absolute Gasteiger partial charge is 0.271 e. The summed E-state index contributed by atoms with van der Waals surface area (Å²) in [5.41, 5.74) is 3.66. The molecule has 8 nitrogen and oxygen atoms in total. The number of carbonyl (C=O) groups excluding carboxylic acids is 1. The van der Waals surface area contributed by atoms with Crippen LogP contribution in [-0.4, -0.2) is 69.3 Å². The second-order valence-electron chi connectivity index (χ2n) is 8.80. The van der Waals surface area contributed by atoms with Crippen molar-refractivity contribution < 1.29 is 4.79 Å². The number of hydrogen-bond donors (Lipinski definition) is 1. The third-order valence-corrected chi connectivity index (χ3v) is 6.64. The molecule has 4 rings (SSSR count). The topological polar surface area (TPSA) is 79.2 Å². The van der Waals surface area contributed by atoms with Gasteiger partial charge in [0.05, 0.1) is 5.69 Å². The lowest BCUT2D eigenvalue weighted by atomic mass is 9.91. The van der Waals surface area contributed by atoms with Crippen molar-refractivity contribution in [1.82, 2.24) is 30.0 Å². The minimum Gasteiger partial charge on any atom is -0.350 e. The van der Waals surface area contributed by atoms with Gasteiger partial charge in [-0.05, 0) is 37.8 Å². The molecule has 1 saturated carbocycles. The van der Waals surface area contributed by atoms with Gasteiger partial charge >= 0.3 is 0 Å². The largest absolute Gasteiger partial charge is 0.350 e. The maximum Gasteiger partial charge on any atom is 0.271 e. The Kier molecular flexibility index (Phi) is 6.85. The van der Waals surface area contributed by atoms with Gasteiger partial charge in [-0.1, -0.05) is 19.8 Å². The Labute approximate surface area is 185 Å². The summed E-state index contributed by atoms with van der Waals surface area (Å²) in [6.45, 7) is 8.81. The molecule has 0 aromatic carbocycles. The van der Waals surface area contributed by atoms with Gasteiger partial charge in [0, 0.05) is 64.1 Å². The van der Waals surface area contributed by atoms with E-state index >= 15 is 0 Å². The van der Waals surface area contributed by atoms with Gasteiger partial charge in [0.15, 0.2) is 0 Å². The summed E-state index contributed by atoms with van der Waals surface area (Å²) in [5, 5.41) is 7.25. The third-order valence-electron chi connectivity index (χ3n) is 6.64. The molecule has 0 bridgehead atoms. The van der Waals surface area contributed by atoms with Crippen molar-refractivity contribution in [3.05, 3.63) is 34.9 Å². The number of rotatable bonds is 8. The monoisotopic (exact) mass is 425 g/mol. The van der Waals surface area contributed by atoms with Gasteiger partial charge in [0.25, 0.3) is 5.91 Å². The summed E-state index contributed by atoms with van der Waals surface area (Å²) in [6.07, 6.45) is 8.79. The van der Waals surface area contributed by atoms with Crippen LogP contribution in [0.1, 0.15) is 60.0 Å². The van der Waals surface area contributed by atoms with E-state index < -0.39 is 0 Å². The summed E-state index contributed by atoms with van der Waals surface area (Å²) in [4.78, 5) is 27.0. The van der Waals surface area contributed by atoms with Crippen LogP contribution in [0.15, 0.2) is 12.3 Å². The number of nitrogens with zero attached hydrogens (tertiary/aromatic N) is 6. The molecule has 1 amide bonds. The highest BCUT2D eigenvalue weighted by atomic mass is 16.1. The first-order valence-corrected chi connectivity index (χ1v) is 11.7. The van der Waals surface area contributed by atoms with Crippen LogP contribution in [0.25, 0.3) is 0 Å². The number of aryl methyl sites for hydroxylation is 3. The Morgan fingerprint density at radius 1 is 1.19 bits per heavy atom. The van der Waals surface area contributed by atoms with E-state index in [1.165, 1.54) is 24.8 Å². The highest BCUT2D eigenvalue weighted by Crippen LogP contribution is 2.26. The second-order valence-corrected chi connectivity index (χ2v) is 8.80. The van der Waals surface area contributed by atoms with Gasteiger partial charge in [-0.3, -0.25) is 14.4 Å². The minimum atomic E-state index is -0.137. The van der Waals surface area contributed by atoms with E-state index in [1.807, 2.05) is 26.2 Å². The molecule has 0 radical (unpaired) electrons. The molecular weight excluding hydrogens is 390 g/mol. The van der Waals surface area contributed by atoms with E-state index in [2.05, 4.69) is 32.1 Å². The first-order valence-electron chi connectivity index (χ1n) is 11.7. The highest BCUT2D eigenvalue weighted by molar-refractivity contribution is 5.92. The second kappa shape index (κ2) is 9.77. The van der Waals surface area contributed by atoms with Crippen molar-refractivity contribution in [2.24, 2.45) is 7.05 Å². The fourth-order valence-corrected chi connectivity index (χ4v) is 4.37. The summed E-state index contributed by atoms with van der Waals surface area (Å²) in [7, 11) is 1.84. The maximum atomic E-state index is 12.4. The third kappa shape index (κ3) is 5.06. The van der Waals surface area contributed by atoms with Crippen molar-refractivity contribution in [3.63, 3.8) is 0 Å². The Balaban J connectivity index is 1.37. The van der Waals surface area contributed by atoms with Crippen molar-refractivity contribution in [2.75, 3.05) is 37.6 Å². The van der Waals surface area contributed by atoms with Gasteiger partial charge in [-0.2, -0.15) is 5.10 Å². The van der Waals surface area contributed by atoms with Gasteiger partial charge < -0.3 is 10.2 Å².